The molecule has 3 heterocycles. The monoisotopic (exact) mass is 403 g/mol. The van der Waals surface area contributed by atoms with Crippen LogP contribution in [0.5, 0.6) is 5.75 Å². The molecule has 148 valence electrons. The second kappa shape index (κ2) is 6.99. The van der Waals surface area contributed by atoms with E-state index >= 15 is 0 Å². The molecule has 3 aromatic rings. The Morgan fingerprint density at radius 3 is 2.86 bits per heavy atom. The van der Waals surface area contributed by atoms with Gasteiger partial charge >= 0.3 is 0 Å². The number of benzene rings is 1. The van der Waals surface area contributed by atoms with E-state index in [9.17, 15) is 13.2 Å². The molecule has 1 atom stereocenters. The summed E-state index contributed by atoms with van der Waals surface area (Å²) in [6.07, 6.45) is 5.16. The van der Waals surface area contributed by atoms with Crippen molar-refractivity contribution in [3.63, 3.8) is 0 Å². The molecule has 1 aliphatic heterocycles. The number of H-pyrrole nitrogens is 1. The van der Waals surface area contributed by atoms with Crippen LogP contribution in [0.25, 0.3) is 16.8 Å². The molecule has 0 saturated carbocycles. The normalized spacial score (nSPS) is 17.1. The molecule has 28 heavy (non-hydrogen) atoms. The number of anilines is 1. The smallest absolute Gasteiger partial charge is 0.272 e. The first-order valence-corrected chi connectivity index (χ1v) is 10.8. The molecule has 1 aromatic carbocycles. The summed E-state index contributed by atoms with van der Waals surface area (Å²) < 4.78 is 39.1. The molecule has 0 amide bonds. The van der Waals surface area contributed by atoms with E-state index in [1.807, 2.05) is 13.0 Å². The van der Waals surface area contributed by atoms with Crippen LogP contribution in [0.1, 0.15) is 12.0 Å². The van der Waals surface area contributed by atoms with Gasteiger partial charge in [-0.05, 0) is 36.8 Å². The van der Waals surface area contributed by atoms with Gasteiger partial charge in [0.1, 0.15) is 17.4 Å². The minimum atomic E-state index is -3.43. The predicted octanol–water partition coefficient (Wildman–Crippen LogP) is 2.14. The van der Waals surface area contributed by atoms with Crippen molar-refractivity contribution >= 4 is 21.2 Å². The summed E-state index contributed by atoms with van der Waals surface area (Å²) in [5.41, 5.74) is 3.01. The minimum absolute atomic E-state index is 0.0665. The van der Waals surface area contributed by atoms with Gasteiger partial charge in [0.25, 0.3) is 5.56 Å². The number of hydrogen-bond donors (Lipinski definition) is 2. The first kappa shape index (κ1) is 18.6. The zero-order chi connectivity index (χ0) is 19.9. The molecule has 8 nitrogen and oxygen atoms in total. The SMILES string of the molecule is Cc1cc(-c2cc(NS(C)(=O)=O)ccc2O[C@H]2CCOC2)n2cc[nH]c(=O)c12. The van der Waals surface area contributed by atoms with Gasteiger partial charge in [0.05, 0.1) is 25.2 Å². The highest BCUT2D eigenvalue weighted by Crippen LogP contribution is 2.36. The molecule has 1 fully saturated rings. The Labute approximate surface area is 162 Å². The van der Waals surface area contributed by atoms with Crippen molar-refractivity contribution in [3.8, 4) is 17.0 Å². The molecule has 1 saturated heterocycles. The maximum atomic E-state index is 12.2. The Morgan fingerprint density at radius 1 is 1.32 bits per heavy atom. The number of nitrogens with one attached hydrogen (secondary N) is 2. The van der Waals surface area contributed by atoms with Gasteiger partial charge in [0.2, 0.25) is 10.0 Å². The standard InChI is InChI=1S/C19H21N3O5S/c1-12-9-16(22-7-6-20-19(23)18(12)22)15-10-13(21-28(2,24)25)3-4-17(15)27-14-5-8-26-11-14/h3-4,6-7,9-10,14,21H,5,8,11H2,1-2H3,(H,20,23)/t14-/m0/s1. The average Bonchev–Trinajstić information content (AvgIpc) is 3.24. The van der Waals surface area contributed by atoms with Crippen molar-refractivity contribution in [1.82, 2.24) is 9.38 Å². The van der Waals surface area contributed by atoms with Crippen LogP contribution in [0.4, 0.5) is 5.69 Å². The quantitative estimate of drug-likeness (QED) is 0.680. The van der Waals surface area contributed by atoms with Crippen molar-refractivity contribution in [3.05, 3.63) is 52.6 Å². The van der Waals surface area contributed by atoms with Gasteiger partial charge in [0, 0.05) is 30.1 Å². The largest absolute Gasteiger partial charge is 0.487 e. The zero-order valence-corrected chi connectivity index (χ0v) is 16.4. The summed E-state index contributed by atoms with van der Waals surface area (Å²) in [5, 5.41) is 0. The highest BCUT2D eigenvalue weighted by Gasteiger charge is 2.21. The molecule has 0 aliphatic carbocycles. The van der Waals surface area contributed by atoms with Crippen LogP contribution in [-0.4, -0.2) is 43.4 Å². The minimum Gasteiger partial charge on any atom is -0.487 e. The van der Waals surface area contributed by atoms with Crippen LogP contribution in [0.3, 0.4) is 0 Å². The van der Waals surface area contributed by atoms with Crippen molar-refractivity contribution in [2.24, 2.45) is 0 Å². The lowest BCUT2D eigenvalue weighted by atomic mass is 10.1. The maximum absolute atomic E-state index is 12.2. The van der Waals surface area contributed by atoms with Crippen LogP contribution < -0.4 is 15.0 Å². The number of aryl methyl sites for hydroxylation is 1. The Morgan fingerprint density at radius 2 is 2.14 bits per heavy atom. The van der Waals surface area contributed by atoms with Crippen LogP contribution >= 0.6 is 0 Å². The molecule has 2 aromatic heterocycles. The number of aromatic nitrogens is 2. The number of hydrogen-bond acceptors (Lipinski definition) is 5. The number of ether oxygens (including phenoxy) is 2. The molecule has 2 N–H and O–H groups in total. The Hall–Kier alpha value is -2.78. The second-order valence-electron chi connectivity index (χ2n) is 6.91. The van der Waals surface area contributed by atoms with Gasteiger partial charge in [-0.25, -0.2) is 8.42 Å². The van der Waals surface area contributed by atoms with Crippen molar-refractivity contribution < 1.29 is 17.9 Å². The fourth-order valence-electron chi connectivity index (χ4n) is 3.46. The molecule has 0 spiro atoms. The first-order chi connectivity index (χ1) is 13.3. The van der Waals surface area contributed by atoms with Gasteiger partial charge in [-0.1, -0.05) is 0 Å². The highest BCUT2D eigenvalue weighted by molar-refractivity contribution is 7.92. The summed E-state index contributed by atoms with van der Waals surface area (Å²) >= 11 is 0. The van der Waals surface area contributed by atoms with Crippen LogP contribution in [-0.2, 0) is 14.8 Å². The Balaban J connectivity index is 1.88. The van der Waals surface area contributed by atoms with Crippen molar-refractivity contribution in [2.75, 3.05) is 24.2 Å². The third-order valence-electron chi connectivity index (χ3n) is 4.62. The van der Waals surface area contributed by atoms with E-state index in [2.05, 4.69) is 9.71 Å². The van der Waals surface area contributed by atoms with E-state index in [0.717, 1.165) is 23.9 Å². The zero-order valence-electron chi connectivity index (χ0n) is 15.6. The summed E-state index contributed by atoms with van der Waals surface area (Å²) in [6, 6.07) is 7.00. The molecule has 9 heteroatoms. The molecular weight excluding hydrogens is 382 g/mol. The first-order valence-electron chi connectivity index (χ1n) is 8.88. The predicted molar refractivity (Wildman–Crippen MR) is 107 cm³/mol. The van der Waals surface area contributed by atoms with Crippen molar-refractivity contribution in [2.45, 2.75) is 19.4 Å². The molecule has 1 aliphatic rings. The van der Waals surface area contributed by atoms with E-state index in [0.29, 0.717) is 35.7 Å². The van der Waals surface area contributed by atoms with Gasteiger partial charge in [0.15, 0.2) is 0 Å². The third kappa shape index (κ3) is 3.63. The summed E-state index contributed by atoms with van der Waals surface area (Å²) in [5.74, 6) is 0.606. The fourth-order valence-corrected chi connectivity index (χ4v) is 4.01. The third-order valence-corrected chi connectivity index (χ3v) is 5.23. The lowest BCUT2D eigenvalue weighted by Crippen LogP contribution is -2.16. The average molecular weight is 403 g/mol. The number of aromatic amines is 1. The molecule has 0 radical (unpaired) electrons. The maximum Gasteiger partial charge on any atom is 0.272 e. The number of rotatable bonds is 5. The lowest BCUT2D eigenvalue weighted by Gasteiger charge is -2.17. The number of sulfonamides is 1. The Kier molecular flexibility index (Phi) is 4.64. The van der Waals surface area contributed by atoms with E-state index in [1.165, 1.54) is 0 Å². The van der Waals surface area contributed by atoms with Crippen LogP contribution in [0.15, 0.2) is 41.5 Å². The Bertz CT molecular complexity index is 1190. The van der Waals surface area contributed by atoms with E-state index in [1.54, 1.807) is 35.0 Å². The highest BCUT2D eigenvalue weighted by atomic mass is 32.2. The number of nitrogens with zero attached hydrogens (tertiary/aromatic N) is 1. The summed E-state index contributed by atoms with van der Waals surface area (Å²) in [4.78, 5) is 14.9. The lowest BCUT2D eigenvalue weighted by molar-refractivity contribution is 0.141. The molecule has 0 bridgehead atoms. The summed E-state index contributed by atoms with van der Waals surface area (Å²) in [7, 11) is -3.43. The van der Waals surface area contributed by atoms with Gasteiger partial charge < -0.3 is 18.9 Å². The molecule has 4 rings (SSSR count). The second-order valence-corrected chi connectivity index (χ2v) is 8.66. The van der Waals surface area contributed by atoms with Gasteiger partial charge in [-0.3, -0.25) is 9.52 Å². The van der Waals surface area contributed by atoms with Gasteiger partial charge in [-0.2, -0.15) is 0 Å². The van der Waals surface area contributed by atoms with E-state index in [4.69, 9.17) is 9.47 Å². The van der Waals surface area contributed by atoms with E-state index in [-0.39, 0.29) is 11.7 Å². The van der Waals surface area contributed by atoms with Crippen LogP contribution in [0, 0.1) is 6.92 Å². The number of fused-ring (bicyclic) bond motifs is 1. The fraction of sp³-hybridized carbons (Fsp3) is 0.316. The van der Waals surface area contributed by atoms with Crippen LogP contribution in [0.2, 0.25) is 0 Å². The molecule has 0 unspecified atom stereocenters. The van der Waals surface area contributed by atoms with Crippen molar-refractivity contribution in [1.29, 1.82) is 0 Å². The topological polar surface area (TPSA) is 102 Å². The molecular formula is C19H21N3O5S. The van der Waals surface area contributed by atoms with Gasteiger partial charge in [-0.15, -0.1) is 0 Å². The van der Waals surface area contributed by atoms with E-state index < -0.39 is 10.0 Å². The summed E-state index contributed by atoms with van der Waals surface area (Å²) in [6.45, 7) is 3.02.